The molecule has 2 aromatic heterocycles. The fourth-order valence-corrected chi connectivity index (χ4v) is 3.70. The number of carbonyl (C=O) groups is 1. The molecule has 1 amide bonds. The second-order valence-electron chi connectivity index (χ2n) is 6.34. The summed E-state index contributed by atoms with van der Waals surface area (Å²) in [5, 5.41) is 3.89. The summed E-state index contributed by atoms with van der Waals surface area (Å²) < 4.78 is 4.39. The Balaban J connectivity index is 1.61. The van der Waals surface area contributed by atoms with Gasteiger partial charge in [-0.1, -0.05) is 13.8 Å². The number of hydrogen-bond donors (Lipinski definition) is 1. The number of aryl methyl sites for hydroxylation is 1. The summed E-state index contributed by atoms with van der Waals surface area (Å²) in [6.45, 7) is 8.52. The lowest BCUT2D eigenvalue weighted by atomic mass is 10.2. The third-order valence-corrected chi connectivity index (χ3v) is 5.22. The van der Waals surface area contributed by atoms with E-state index in [9.17, 15) is 4.79 Å². The maximum atomic E-state index is 12.0. The molecule has 1 saturated heterocycles. The molecule has 0 aromatic carbocycles. The maximum absolute atomic E-state index is 12.0. The highest BCUT2D eigenvalue weighted by atomic mass is 32.1. The van der Waals surface area contributed by atoms with Gasteiger partial charge in [0.05, 0.1) is 5.56 Å². The monoisotopic (exact) mass is 374 g/mol. The van der Waals surface area contributed by atoms with Crippen molar-refractivity contribution in [3.63, 3.8) is 0 Å². The summed E-state index contributed by atoms with van der Waals surface area (Å²) in [6.07, 6.45) is 4.51. The second kappa shape index (κ2) is 8.93. The zero-order valence-electron chi connectivity index (χ0n) is 15.4. The number of aromatic nitrogens is 3. The van der Waals surface area contributed by atoms with Gasteiger partial charge in [-0.2, -0.15) is 4.37 Å². The van der Waals surface area contributed by atoms with Crippen LogP contribution < -0.4 is 15.1 Å². The Kier molecular flexibility index (Phi) is 6.38. The van der Waals surface area contributed by atoms with Gasteiger partial charge in [-0.25, -0.2) is 9.97 Å². The molecule has 1 N–H and O–H groups in total. The van der Waals surface area contributed by atoms with Crippen LogP contribution in [0.4, 0.5) is 10.9 Å². The van der Waals surface area contributed by atoms with E-state index < -0.39 is 0 Å². The molecule has 0 aliphatic carbocycles. The quantitative estimate of drug-likeness (QED) is 0.837. The molecule has 7 nitrogen and oxygen atoms in total. The van der Waals surface area contributed by atoms with Gasteiger partial charge < -0.3 is 15.1 Å². The smallest absolute Gasteiger partial charge is 0.252 e. The van der Waals surface area contributed by atoms with Gasteiger partial charge in [0.15, 0.2) is 0 Å². The summed E-state index contributed by atoms with van der Waals surface area (Å²) in [5.74, 6) is 1.78. The van der Waals surface area contributed by atoms with Crippen LogP contribution in [0.5, 0.6) is 0 Å². The molecule has 0 bridgehead atoms. The van der Waals surface area contributed by atoms with E-state index in [1.165, 1.54) is 11.5 Å². The van der Waals surface area contributed by atoms with Crippen LogP contribution in [-0.4, -0.2) is 53.0 Å². The fourth-order valence-electron chi connectivity index (χ4n) is 2.90. The third kappa shape index (κ3) is 4.49. The third-order valence-electron chi connectivity index (χ3n) is 4.41. The summed E-state index contributed by atoms with van der Waals surface area (Å²) in [6, 6.07) is 3.80. The molecule has 0 unspecified atom stereocenters. The SMILES string of the molecule is CCCNC(=O)c1ccc(N2CCCN(c3nc(CC)ns3)CC2)nc1. The van der Waals surface area contributed by atoms with Gasteiger partial charge in [0.2, 0.25) is 5.13 Å². The molecule has 8 heteroatoms. The van der Waals surface area contributed by atoms with Crippen molar-refractivity contribution in [2.24, 2.45) is 0 Å². The predicted molar refractivity (Wildman–Crippen MR) is 105 cm³/mol. The molecule has 3 heterocycles. The molecular formula is C18H26N6OS. The average molecular weight is 375 g/mol. The molecule has 140 valence electrons. The van der Waals surface area contributed by atoms with Gasteiger partial charge in [-0.15, -0.1) is 0 Å². The number of rotatable bonds is 6. The van der Waals surface area contributed by atoms with Crippen molar-refractivity contribution >= 4 is 28.4 Å². The molecule has 1 fully saturated rings. The minimum atomic E-state index is -0.0593. The minimum Gasteiger partial charge on any atom is -0.355 e. The van der Waals surface area contributed by atoms with Crippen molar-refractivity contribution in [1.29, 1.82) is 0 Å². The van der Waals surface area contributed by atoms with E-state index in [0.717, 1.165) is 62.2 Å². The van der Waals surface area contributed by atoms with Crippen molar-refractivity contribution in [2.45, 2.75) is 33.1 Å². The standard InChI is InChI=1S/C18H26N6OS/c1-3-8-19-17(25)14-6-7-16(20-13-14)23-9-5-10-24(12-11-23)18-21-15(4-2)22-26-18/h6-7,13H,3-5,8-12H2,1-2H3,(H,19,25). The Morgan fingerprint density at radius 2 is 2.00 bits per heavy atom. The second-order valence-corrected chi connectivity index (χ2v) is 7.07. The molecule has 3 rings (SSSR count). The molecule has 0 spiro atoms. The van der Waals surface area contributed by atoms with E-state index >= 15 is 0 Å². The topological polar surface area (TPSA) is 74.2 Å². The summed E-state index contributed by atoms with van der Waals surface area (Å²) in [5.41, 5.74) is 0.611. The van der Waals surface area contributed by atoms with Gasteiger partial charge in [0.1, 0.15) is 11.6 Å². The lowest BCUT2D eigenvalue weighted by Crippen LogP contribution is -2.31. The van der Waals surface area contributed by atoms with Crippen LogP contribution in [0.1, 0.15) is 42.9 Å². The highest BCUT2D eigenvalue weighted by Crippen LogP contribution is 2.21. The van der Waals surface area contributed by atoms with Crippen LogP contribution in [0, 0.1) is 0 Å². The Labute approximate surface area is 158 Å². The van der Waals surface area contributed by atoms with Crippen LogP contribution in [0.3, 0.4) is 0 Å². The normalized spacial score (nSPS) is 15.0. The van der Waals surface area contributed by atoms with Crippen molar-refractivity contribution in [2.75, 3.05) is 42.5 Å². The summed E-state index contributed by atoms with van der Waals surface area (Å²) >= 11 is 1.48. The minimum absolute atomic E-state index is 0.0593. The molecule has 0 atom stereocenters. The van der Waals surface area contributed by atoms with Gasteiger partial charge in [0, 0.05) is 56.9 Å². The van der Waals surface area contributed by atoms with E-state index in [2.05, 4.69) is 36.4 Å². The van der Waals surface area contributed by atoms with Crippen LogP contribution in [-0.2, 0) is 6.42 Å². The fraction of sp³-hybridized carbons (Fsp3) is 0.556. The zero-order chi connectivity index (χ0) is 18.4. The van der Waals surface area contributed by atoms with E-state index in [1.54, 1.807) is 6.20 Å². The summed E-state index contributed by atoms with van der Waals surface area (Å²) in [4.78, 5) is 25.7. The first-order chi connectivity index (χ1) is 12.7. The van der Waals surface area contributed by atoms with Gasteiger partial charge in [0.25, 0.3) is 5.91 Å². The van der Waals surface area contributed by atoms with E-state index in [1.807, 2.05) is 19.1 Å². The molecule has 1 aliphatic rings. The lowest BCUT2D eigenvalue weighted by Gasteiger charge is -2.22. The van der Waals surface area contributed by atoms with Crippen LogP contribution >= 0.6 is 11.5 Å². The predicted octanol–water partition coefficient (Wildman–Crippen LogP) is 2.35. The highest BCUT2D eigenvalue weighted by molar-refractivity contribution is 7.09. The van der Waals surface area contributed by atoms with Gasteiger partial charge in [-0.3, -0.25) is 4.79 Å². The van der Waals surface area contributed by atoms with Crippen LogP contribution in [0.25, 0.3) is 0 Å². The largest absolute Gasteiger partial charge is 0.355 e. The number of nitrogens with one attached hydrogen (secondary N) is 1. The zero-order valence-corrected chi connectivity index (χ0v) is 16.3. The van der Waals surface area contributed by atoms with Gasteiger partial charge >= 0.3 is 0 Å². The number of nitrogens with zero attached hydrogens (tertiary/aromatic N) is 5. The number of hydrogen-bond acceptors (Lipinski definition) is 7. The average Bonchev–Trinajstić information content (AvgIpc) is 3.03. The highest BCUT2D eigenvalue weighted by Gasteiger charge is 2.19. The van der Waals surface area contributed by atoms with Crippen molar-refractivity contribution in [1.82, 2.24) is 19.7 Å². The Morgan fingerprint density at radius 3 is 2.69 bits per heavy atom. The Hall–Kier alpha value is -2.22. The molecular weight excluding hydrogens is 348 g/mol. The number of carbonyl (C=O) groups excluding carboxylic acids is 1. The van der Waals surface area contributed by atoms with Crippen LogP contribution in [0.2, 0.25) is 0 Å². The number of anilines is 2. The first-order valence-electron chi connectivity index (χ1n) is 9.28. The number of amides is 1. The first kappa shape index (κ1) is 18.6. The maximum Gasteiger partial charge on any atom is 0.252 e. The van der Waals surface area contributed by atoms with Crippen molar-refractivity contribution < 1.29 is 4.79 Å². The molecule has 26 heavy (non-hydrogen) atoms. The summed E-state index contributed by atoms with van der Waals surface area (Å²) in [7, 11) is 0. The van der Waals surface area contributed by atoms with Crippen molar-refractivity contribution in [3.8, 4) is 0 Å². The molecule has 0 radical (unpaired) electrons. The van der Waals surface area contributed by atoms with E-state index in [4.69, 9.17) is 0 Å². The first-order valence-corrected chi connectivity index (χ1v) is 10.0. The number of pyridine rings is 1. The van der Waals surface area contributed by atoms with E-state index in [-0.39, 0.29) is 5.91 Å². The van der Waals surface area contributed by atoms with Gasteiger partial charge in [-0.05, 0) is 25.0 Å². The Bertz CT molecular complexity index is 717. The van der Waals surface area contributed by atoms with Crippen LogP contribution in [0.15, 0.2) is 18.3 Å². The molecule has 0 saturated carbocycles. The van der Waals surface area contributed by atoms with Crippen molar-refractivity contribution in [3.05, 3.63) is 29.7 Å². The molecule has 2 aromatic rings. The lowest BCUT2D eigenvalue weighted by molar-refractivity contribution is 0.0953. The Morgan fingerprint density at radius 1 is 1.19 bits per heavy atom. The van der Waals surface area contributed by atoms with E-state index in [0.29, 0.717) is 12.1 Å². The molecule has 1 aliphatic heterocycles.